The molecular weight excluding hydrogens is 446 g/mol. The van der Waals surface area contributed by atoms with Crippen LogP contribution in [-0.4, -0.2) is 52.3 Å². The smallest absolute Gasteiger partial charge is 0.273 e. The van der Waals surface area contributed by atoms with Crippen LogP contribution in [0.15, 0.2) is 52.3 Å². The highest BCUT2D eigenvalue weighted by molar-refractivity contribution is 7.89. The number of benzene rings is 2. The molecule has 1 saturated heterocycles. The fourth-order valence-corrected chi connectivity index (χ4v) is 5.72. The third kappa shape index (κ3) is 5.39. The van der Waals surface area contributed by atoms with Crippen molar-refractivity contribution in [2.24, 2.45) is 0 Å². The maximum atomic E-state index is 12.5. The number of aryl methyl sites for hydroxylation is 1. The second-order valence-electron chi connectivity index (χ2n) is 7.03. The molecular formula is C19H23N3O7S2. The number of hydrogen-bond donors (Lipinski definition) is 1. The molecule has 1 fully saturated rings. The van der Waals surface area contributed by atoms with E-state index in [1.807, 2.05) is 0 Å². The van der Waals surface area contributed by atoms with Gasteiger partial charge < -0.3 is 4.74 Å². The Bertz CT molecular complexity index is 1160. The summed E-state index contributed by atoms with van der Waals surface area (Å²) in [7, 11) is -7.45. The lowest BCUT2D eigenvalue weighted by atomic mass is 10.2. The highest BCUT2D eigenvalue weighted by atomic mass is 32.2. The number of nitro groups is 1. The van der Waals surface area contributed by atoms with Gasteiger partial charge in [0, 0.05) is 31.3 Å². The quantitative estimate of drug-likeness (QED) is 0.337. The summed E-state index contributed by atoms with van der Waals surface area (Å²) in [6.45, 7) is 2.48. The largest absolute Gasteiger partial charge is 0.492 e. The topological polar surface area (TPSA) is 136 Å². The SMILES string of the molecule is Cc1ccc(S(=O)(=O)NCCOc2ccc(S(=O)(=O)N3CCCC3)cc2)cc1[N+](=O)[O-]. The van der Waals surface area contributed by atoms with Gasteiger partial charge in [0.15, 0.2) is 0 Å². The van der Waals surface area contributed by atoms with Gasteiger partial charge >= 0.3 is 0 Å². The van der Waals surface area contributed by atoms with Gasteiger partial charge in [0.25, 0.3) is 5.69 Å². The van der Waals surface area contributed by atoms with E-state index in [0.29, 0.717) is 24.4 Å². The standard InChI is InChI=1S/C19H23N3O7S2/c1-15-4-7-18(14-19(15)22(23)24)30(25,26)20-10-13-29-16-5-8-17(9-6-16)31(27,28)21-11-2-3-12-21/h4-9,14,20H,2-3,10-13H2,1H3. The molecule has 0 atom stereocenters. The summed E-state index contributed by atoms with van der Waals surface area (Å²) in [6.07, 6.45) is 1.71. The Balaban J connectivity index is 1.56. The number of rotatable bonds is 9. The Labute approximate surface area is 181 Å². The highest BCUT2D eigenvalue weighted by Crippen LogP contribution is 2.23. The van der Waals surface area contributed by atoms with Crippen molar-refractivity contribution >= 4 is 25.7 Å². The molecule has 1 N–H and O–H groups in total. The minimum Gasteiger partial charge on any atom is -0.492 e. The first kappa shape index (κ1) is 23.1. The van der Waals surface area contributed by atoms with Gasteiger partial charge in [-0.25, -0.2) is 21.6 Å². The molecule has 2 aromatic carbocycles. The first-order valence-electron chi connectivity index (χ1n) is 9.59. The van der Waals surface area contributed by atoms with Crippen LogP contribution in [0.4, 0.5) is 5.69 Å². The fourth-order valence-electron chi connectivity index (χ4n) is 3.17. The van der Waals surface area contributed by atoms with Crippen LogP contribution in [0, 0.1) is 17.0 Å². The van der Waals surface area contributed by atoms with Gasteiger partial charge in [0.05, 0.1) is 14.7 Å². The first-order valence-corrected chi connectivity index (χ1v) is 12.5. The second kappa shape index (κ2) is 9.30. The van der Waals surface area contributed by atoms with Crippen LogP contribution in [0.1, 0.15) is 18.4 Å². The molecule has 1 aliphatic rings. The van der Waals surface area contributed by atoms with Crippen molar-refractivity contribution in [1.82, 2.24) is 9.03 Å². The van der Waals surface area contributed by atoms with Crippen LogP contribution in [0.5, 0.6) is 5.75 Å². The zero-order valence-corrected chi connectivity index (χ0v) is 18.5. The minimum atomic E-state index is -3.94. The number of nitro benzene ring substituents is 1. The fraction of sp³-hybridized carbons (Fsp3) is 0.368. The maximum absolute atomic E-state index is 12.5. The average molecular weight is 470 g/mol. The summed E-state index contributed by atoms with van der Waals surface area (Å²) in [5, 5.41) is 11.0. The lowest BCUT2D eigenvalue weighted by Gasteiger charge is -2.15. The molecule has 1 heterocycles. The maximum Gasteiger partial charge on any atom is 0.273 e. The average Bonchev–Trinajstić information content (AvgIpc) is 3.27. The predicted octanol–water partition coefficient (Wildman–Crippen LogP) is 2.05. The monoisotopic (exact) mass is 469 g/mol. The zero-order valence-electron chi connectivity index (χ0n) is 16.9. The van der Waals surface area contributed by atoms with Crippen LogP contribution in [0.3, 0.4) is 0 Å². The number of hydrogen-bond acceptors (Lipinski definition) is 7. The van der Waals surface area contributed by atoms with Crippen molar-refractivity contribution in [2.45, 2.75) is 29.6 Å². The van der Waals surface area contributed by atoms with Crippen molar-refractivity contribution < 1.29 is 26.5 Å². The molecule has 0 aromatic heterocycles. The predicted molar refractivity (Wildman–Crippen MR) is 113 cm³/mol. The molecule has 3 rings (SSSR count). The number of nitrogens with one attached hydrogen (secondary N) is 1. The van der Waals surface area contributed by atoms with Crippen LogP contribution in [0.2, 0.25) is 0 Å². The van der Waals surface area contributed by atoms with Crippen molar-refractivity contribution in [2.75, 3.05) is 26.2 Å². The van der Waals surface area contributed by atoms with Crippen molar-refractivity contribution in [3.05, 3.63) is 58.1 Å². The third-order valence-electron chi connectivity index (χ3n) is 4.88. The lowest BCUT2D eigenvalue weighted by Crippen LogP contribution is -2.28. The zero-order chi connectivity index (χ0) is 22.6. The molecule has 1 aliphatic heterocycles. The summed E-state index contributed by atoms with van der Waals surface area (Å²) in [5.41, 5.74) is 0.0885. The van der Waals surface area contributed by atoms with Crippen molar-refractivity contribution in [3.63, 3.8) is 0 Å². The number of sulfonamides is 2. The molecule has 0 saturated carbocycles. The van der Waals surface area contributed by atoms with Gasteiger partial charge in [-0.2, -0.15) is 4.31 Å². The number of nitrogens with zero attached hydrogens (tertiary/aromatic N) is 2. The molecule has 0 aliphatic carbocycles. The Kier molecular flexibility index (Phi) is 6.94. The highest BCUT2D eigenvalue weighted by Gasteiger charge is 2.27. The van der Waals surface area contributed by atoms with E-state index in [2.05, 4.69) is 4.72 Å². The normalized spacial score (nSPS) is 15.1. The first-order chi connectivity index (χ1) is 14.6. The van der Waals surface area contributed by atoms with E-state index in [9.17, 15) is 26.9 Å². The van der Waals surface area contributed by atoms with Gasteiger partial charge in [-0.3, -0.25) is 10.1 Å². The van der Waals surface area contributed by atoms with Crippen LogP contribution >= 0.6 is 0 Å². The van der Waals surface area contributed by atoms with Gasteiger partial charge in [-0.05, 0) is 50.1 Å². The Hall–Kier alpha value is -2.54. The molecule has 0 bridgehead atoms. The van der Waals surface area contributed by atoms with E-state index in [1.165, 1.54) is 47.6 Å². The van der Waals surface area contributed by atoms with Crippen LogP contribution < -0.4 is 9.46 Å². The molecule has 31 heavy (non-hydrogen) atoms. The Morgan fingerprint density at radius 3 is 2.26 bits per heavy atom. The molecule has 0 unspecified atom stereocenters. The van der Waals surface area contributed by atoms with E-state index < -0.39 is 25.0 Å². The van der Waals surface area contributed by atoms with Gasteiger partial charge in [0.1, 0.15) is 12.4 Å². The molecule has 168 valence electrons. The van der Waals surface area contributed by atoms with Crippen molar-refractivity contribution in [3.8, 4) is 5.75 Å². The van der Waals surface area contributed by atoms with E-state index in [1.54, 1.807) is 0 Å². The molecule has 2 aromatic rings. The van der Waals surface area contributed by atoms with Crippen molar-refractivity contribution in [1.29, 1.82) is 0 Å². The molecule has 0 radical (unpaired) electrons. The Morgan fingerprint density at radius 1 is 1.03 bits per heavy atom. The van der Waals surface area contributed by atoms with Crippen LogP contribution in [-0.2, 0) is 20.0 Å². The van der Waals surface area contributed by atoms with E-state index in [0.717, 1.165) is 18.9 Å². The summed E-state index contributed by atoms with van der Waals surface area (Å²) in [6, 6.07) is 9.63. The third-order valence-corrected chi connectivity index (χ3v) is 8.25. The molecule has 10 nitrogen and oxygen atoms in total. The van der Waals surface area contributed by atoms with Gasteiger partial charge in [0.2, 0.25) is 20.0 Å². The van der Waals surface area contributed by atoms with E-state index >= 15 is 0 Å². The second-order valence-corrected chi connectivity index (χ2v) is 10.7. The van der Waals surface area contributed by atoms with E-state index in [-0.39, 0.29) is 28.6 Å². The van der Waals surface area contributed by atoms with E-state index in [4.69, 9.17) is 4.74 Å². The van der Waals surface area contributed by atoms with Gasteiger partial charge in [-0.1, -0.05) is 6.07 Å². The molecule has 0 spiro atoms. The molecule has 12 heteroatoms. The molecule has 0 amide bonds. The lowest BCUT2D eigenvalue weighted by molar-refractivity contribution is -0.385. The summed E-state index contributed by atoms with van der Waals surface area (Å²) < 4.78 is 59.0. The summed E-state index contributed by atoms with van der Waals surface area (Å²) in [5.74, 6) is 0.394. The van der Waals surface area contributed by atoms with Gasteiger partial charge in [-0.15, -0.1) is 0 Å². The summed E-state index contributed by atoms with van der Waals surface area (Å²) >= 11 is 0. The summed E-state index contributed by atoms with van der Waals surface area (Å²) in [4.78, 5) is 10.4. The number of ether oxygens (including phenoxy) is 1. The Morgan fingerprint density at radius 2 is 1.65 bits per heavy atom. The van der Waals surface area contributed by atoms with Crippen LogP contribution in [0.25, 0.3) is 0 Å². The minimum absolute atomic E-state index is 0.00853.